The number of aliphatic hydroxyl groups is 1. The maximum absolute atomic E-state index is 11.1. The standard InChI is InChI=1S/C35H41N7O/c1-25-12-11-17-31(27(25)3)41-21-20-40(26(2)22-41)19-18-30(43)23-39(4)34-32-35(37-24-36-34)42(29-15-9-6-10-16-29)33(38-32)28-13-7-5-8-14-28/h5-17,24,26,30,43H,18-23H2,1-4H3/t26-,30?/m1/s1. The fourth-order valence-corrected chi connectivity index (χ4v) is 6.20. The highest BCUT2D eigenvalue weighted by atomic mass is 16.3. The number of imidazole rings is 1. The zero-order valence-electron chi connectivity index (χ0n) is 25.6. The van der Waals surface area contributed by atoms with E-state index in [1.54, 1.807) is 6.33 Å². The molecule has 2 aromatic heterocycles. The predicted octanol–water partition coefficient (Wildman–Crippen LogP) is 5.50. The van der Waals surface area contributed by atoms with E-state index in [0.717, 1.165) is 54.4 Å². The number of aromatic nitrogens is 4. The first kappa shape index (κ1) is 28.8. The van der Waals surface area contributed by atoms with Gasteiger partial charge in [-0.05, 0) is 56.5 Å². The van der Waals surface area contributed by atoms with E-state index in [0.29, 0.717) is 24.8 Å². The quantitative estimate of drug-likeness (QED) is 0.249. The first-order valence-electron chi connectivity index (χ1n) is 15.2. The van der Waals surface area contributed by atoms with Gasteiger partial charge >= 0.3 is 0 Å². The van der Waals surface area contributed by atoms with Crippen molar-refractivity contribution in [3.63, 3.8) is 0 Å². The van der Waals surface area contributed by atoms with Gasteiger partial charge in [0.05, 0.1) is 6.10 Å². The molecule has 6 rings (SSSR count). The highest BCUT2D eigenvalue weighted by Gasteiger charge is 2.26. The molecule has 222 valence electrons. The lowest BCUT2D eigenvalue weighted by Crippen LogP contribution is -2.52. The van der Waals surface area contributed by atoms with Gasteiger partial charge in [-0.15, -0.1) is 0 Å². The minimum Gasteiger partial charge on any atom is -0.391 e. The van der Waals surface area contributed by atoms with Crippen LogP contribution in [0.4, 0.5) is 11.5 Å². The molecule has 2 atom stereocenters. The second-order valence-corrected chi connectivity index (χ2v) is 11.7. The minimum atomic E-state index is -0.496. The van der Waals surface area contributed by atoms with Crippen molar-refractivity contribution >= 4 is 22.7 Å². The van der Waals surface area contributed by atoms with E-state index in [9.17, 15) is 5.11 Å². The van der Waals surface area contributed by atoms with Crippen LogP contribution in [0.1, 0.15) is 24.5 Å². The second kappa shape index (κ2) is 12.5. The Labute approximate surface area is 254 Å². The Morgan fingerprint density at radius 3 is 2.42 bits per heavy atom. The SMILES string of the molecule is Cc1cccc(N2CCN(CCC(O)CN(C)c3ncnc4c3nc(-c3ccccc3)n4-c3ccccc3)[C@H](C)C2)c1C. The van der Waals surface area contributed by atoms with E-state index in [1.807, 2.05) is 48.3 Å². The Morgan fingerprint density at radius 1 is 0.930 bits per heavy atom. The normalized spacial score (nSPS) is 16.5. The lowest BCUT2D eigenvalue weighted by Gasteiger charge is -2.42. The molecular weight excluding hydrogens is 534 g/mol. The predicted molar refractivity (Wildman–Crippen MR) is 175 cm³/mol. The first-order valence-corrected chi connectivity index (χ1v) is 15.2. The number of piperazine rings is 1. The summed E-state index contributed by atoms with van der Waals surface area (Å²) in [6.45, 7) is 11.0. The van der Waals surface area contributed by atoms with E-state index in [4.69, 9.17) is 4.98 Å². The minimum absolute atomic E-state index is 0.415. The molecule has 0 bridgehead atoms. The Hall–Kier alpha value is -4.27. The van der Waals surface area contributed by atoms with Crippen LogP contribution in [0.25, 0.3) is 28.2 Å². The van der Waals surface area contributed by atoms with E-state index in [1.165, 1.54) is 16.8 Å². The van der Waals surface area contributed by atoms with Crippen molar-refractivity contribution in [2.45, 2.75) is 39.3 Å². The first-order chi connectivity index (χ1) is 20.9. The molecule has 0 radical (unpaired) electrons. The Morgan fingerprint density at radius 2 is 1.67 bits per heavy atom. The number of nitrogens with zero attached hydrogens (tertiary/aromatic N) is 7. The summed E-state index contributed by atoms with van der Waals surface area (Å²) in [6, 6.07) is 27.3. The topological polar surface area (TPSA) is 73.6 Å². The maximum Gasteiger partial charge on any atom is 0.170 e. The fourth-order valence-electron chi connectivity index (χ4n) is 6.20. The summed E-state index contributed by atoms with van der Waals surface area (Å²) < 4.78 is 2.08. The van der Waals surface area contributed by atoms with Gasteiger partial charge in [0.15, 0.2) is 17.0 Å². The van der Waals surface area contributed by atoms with Gasteiger partial charge in [0.25, 0.3) is 0 Å². The third-order valence-electron chi connectivity index (χ3n) is 8.75. The van der Waals surface area contributed by atoms with Gasteiger partial charge in [0, 0.05) is 62.8 Å². The van der Waals surface area contributed by atoms with Crippen molar-refractivity contribution < 1.29 is 5.11 Å². The van der Waals surface area contributed by atoms with Crippen LogP contribution in [0.2, 0.25) is 0 Å². The highest BCUT2D eigenvalue weighted by molar-refractivity contribution is 5.88. The molecule has 8 nitrogen and oxygen atoms in total. The number of aliphatic hydroxyl groups excluding tert-OH is 1. The number of para-hydroxylation sites is 1. The van der Waals surface area contributed by atoms with Gasteiger partial charge in [-0.25, -0.2) is 15.0 Å². The number of rotatable bonds is 9. The monoisotopic (exact) mass is 575 g/mol. The Kier molecular flexibility index (Phi) is 8.40. The van der Waals surface area contributed by atoms with Crippen LogP contribution in [0, 0.1) is 13.8 Å². The molecule has 43 heavy (non-hydrogen) atoms. The third kappa shape index (κ3) is 5.98. The van der Waals surface area contributed by atoms with Crippen LogP contribution >= 0.6 is 0 Å². The molecule has 1 aliphatic heterocycles. The van der Waals surface area contributed by atoms with E-state index >= 15 is 0 Å². The van der Waals surface area contributed by atoms with Crippen LogP contribution in [-0.4, -0.2) is 81.4 Å². The summed E-state index contributed by atoms with van der Waals surface area (Å²) >= 11 is 0. The van der Waals surface area contributed by atoms with Crippen molar-refractivity contribution in [1.82, 2.24) is 24.4 Å². The average molecular weight is 576 g/mol. The summed E-state index contributed by atoms with van der Waals surface area (Å²) in [5.74, 6) is 1.53. The summed E-state index contributed by atoms with van der Waals surface area (Å²) in [5, 5.41) is 11.1. The maximum atomic E-state index is 11.1. The molecule has 5 aromatic rings. The lowest BCUT2D eigenvalue weighted by atomic mass is 10.1. The molecule has 1 aliphatic rings. The number of benzene rings is 3. The molecular formula is C35H41N7O. The zero-order chi connectivity index (χ0) is 29.9. The number of likely N-dealkylation sites (N-methyl/N-ethyl adjacent to an activating group) is 1. The summed E-state index contributed by atoms with van der Waals surface area (Å²) in [5.41, 5.74) is 7.50. The molecule has 8 heteroatoms. The van der Waals surface area contributed by atoms with Crippen molar-refractivity contribution in [3.8, 4) is 17.1 Å². The molecule has 0 aliphatic carbocycles. The third-order valence-corrected chi connectivity index (χ3v) is 8.75. The fraction of sp³-hybridized carbons (Fsp3) is 0.343. The van der Waals surface area contributed by atoms with Crippen molar-refractivity contribution in [2.75, 3.05) is 49.6 Å². The van der Waals surface area contributed by atoms with E-state index < -0.39 is 6.10 Å². The van der Waals surface area contributed by atoms with Gasteiger partial charge < -0.3 is 14.9 Å². The molecule has 0 spiro atoms. The van der Waals surface area contributed by atoms with Gasteiger partial charge in [-0.3, -0.25) is 9.47 Å². The number of fused-ring (bicyclic) bond motifs is 1. The number of anilines is 2. The van der Waals surface area contributed by atoms with E-state index in [2.05, 4.69) is 87.6 Å². The summed E-state index contributed by atoms with van der Waals surface area (Å²) in [4.78, 5) is 21.4. The van der Waals surface area contributed by atoms with Gasteiger partial charge in [0.2, 0.25) is 0 Å². The summed E-state index contributed by atoms with van der Waals surface area (Å²) in [7, 11) is 1.97. The van der Waals surface area contributed by atoms with Gasteiger partial charge in [0.1, 0.15) is 12.2 Å². The molecule has 1 fully saturated rings. The molecule has 1 saturated heterocycles. The van der Waals surface area contributed by atoms with Crippen LogP contribution in [-0.2, 0) is 0 Å². The molecule has 0 saturated carbocycles. The lowest BCUT2D eigenvalue weighted by molar-refractivity contribution is 0.124. The molecule has 3 aromatic carbocycles. The summed E-state index contributed by atoms with van der Waals surface area (Å²) in [6.07, 6.45) is 1.79. The van der Waals surface area contributed by atoms with Crippen molar-refractivity contribution in [2.24, 2.45) is 0 Å². The molecule has 3 heterocycles. The molecule has 0 amide bonds. The van der Waals surface area contributed by atoms with Crippen molar-refractivity contribution in [1.29, 1.82) is 0 Å². The Bertz CT molecular complexity index is 1670. The van der Waals surface area contributed by atoms with Crippen LogP contribution in [0.5, 0.6) is 0 Å². The Balaban J connectivity index is 1.15. The molecule has 1 unspecified atom stereocenters. The number of aryl methyl sites for hydroxylation is 1. The zero-order valence-corrected chi connectivity index (χ0v) is 25.6. The largest absolute Gasteiger partial charge is 0.391 e. The highest BCUT2D eigenvalue weighted by Crippen LogP contribution is 2.31. The van der Waals surface area contributed by atoms with Crippen LogP contribution < -0.4 is 9.80 Å². The smallest absolute Gasteiger partial charge is 0.170 e. The van der Waals surface area contributed by atoms with Gasteiger partial charge in [-0.2, -0.15) is 0 Å². The molecule has 1 N–H and O–H groups in total. The second-order valence-electron chi connectivity index (χ2n) is 11.7. The van der Waals surface area contributed by atoms with Crippen LogP contribution in [0.15, 0.2) is 85.2 Å². The van der Waals surface area contributed by atoms with Gasteiger partial charge in [-0.1, -0.05) is 60.7 Å². The van der Waals surface area contributed by atoms with Crippen LogP contribution in [0.3, 0.4) is 0 Å². The van der Waals surface area contributed by atoms with Crippen molar-refractivity contribution in [3.05, 3.63) is 96.3 Å². The average Bonchev–Trinajstić information content (AvgIpc) is 3.42. The number of hydrogen-bond donors (Lipinski definition) is 1. The van der Waals surface area contributed by atoms with E-state index in [-0.39, 0.29) is 0 Å². The number of hydrogen-bond acceptors (Lipinski definition) is 7.